The van der Waals surface area contributed by atoms with Crippen molar-refractivity contribution >= 4 is 39.6 Å². The van der Waals surface area contributed by atoms with Crippen LogP contribution in [0.1, 0.15) is 30.1 Å². The quantitative estimate of drug-likeness (QED) is 0.613. The first-order valence-electron chi connectivity index (χ1n) is 5.98. The molecule has 2 rings (SSSR count). The summed E-state index contributed by atoms with van der Waals surface area (Å²) in [6, 6.07) is 0. The minimum Gasteiger partial charge on any atom is -0.477 e. The molecule has 7 nitrogen and oxygen atoms in total. The number of halogens is 1. The van der Waals surface area contributed by atoms with Gasteiger partial charge in [0.15, 0.2) is 5.65 Å². The van der Waals surface area contributed by atoms with Gasteiger partial charge in [-0.3, -0.25) is 4.79 Å². The predicted molar refractivity (Wildman–Crippen MR) is 79.8 cm³/mol. The van der Waals surface area contributed by atoms with Gasteiger partial charge in [0.2, 0.25) is 0 Å². The maximum Gasteiger partial charge on any atom is 0.342 e. The summed E-state index contributed by atoms with van der Waals surface area (Å²) in [6.07, 6.45) is 4.42. The SMILES string of the molecule is CCCCOn1c(=O)c(C(=O)O)c(I)c2cncnc21. The second-order valence-corrected chi connectivity index (χ2v) is 5.12. The first kappa shape index (κ1) is 14.7. The van der Waals surface area contributed by atoms with Crippen LogP contribution in [0.2, 0.25) is 0 Å². The Morgan fingerprint density at radius 2 is 2.30 bits per heavy atom. The van der Waals surface area contributed by atoms with Crippen LogP contribution in [0.15, 0.2) is 17.3 Å². The molecule has 0 spiro atoms. The van der Waals surface area contributed by atoms with Crippen molar-refractivity contribution in [1.29, 1.82) is 0 Å². The molecule has 106 valence electrons. The monoisotopic (exact) mass is 389 g/mol. The Labute approximate surface area is 127 Å². The van der Waals surface area contributed by atoms with Crippen LogP contribution in [0, 0.1) is 3.57 Å². The van der Waals surface area contributed by atoms with Crippen LogP contribution < -0.4 is 10.4 Å². The zero-order valence-corrected chi connectivity index (χ0v) is 12.8. The highest BCUT2D eigenvalue weighted by Gasteiger charge is 2.21. The van der Waals surface area contributed by atoms with Crippen molar-refractivity contribution in [3.05, 3.63) is 32.0 Å². The van der Waals surface area contributed by atoms with E-state index in [4.69, 9.17) is 4.84 Å². The van der Waals surface area contributed by atoms with E-state index in [0.717, 1.165) is 17.6 Å². The third-order valence-corrected chi connectivity index (χ3v) is 3.79. The topological polar surface area (TPSA) is 94.3 Å². The molecule has 0 aromatic carbocycles. The molecule has 2 aromatic rings. The van der Waals surface area contributed by atoms with E-state index < -0.39 is 11.5 Å². The molecule has 0 saturated carbocycles. The lowest BCUT2D eigenvalue weighted by Gasteiger charge is -2.12. The molecule has 1 N–H and O–H groups in total. The van der Waals surface area contributed by atoms with Crippen LogP contribution in [0.25, 0.3) is 11.0 Å². The molecule has 0 amide bonds. The summed E-state index contributed by atoms with van der Waals surface area (Å²) in [5, 5.41) is 9.66. The van der Waals surface area contributed by atoms with Crippen LogP contribution >= 0.6 is 22.6 Å². The Morgan fingerprint density at radius 1 is 1.55 bits per heavy atom. The standard InChI is InChI=1S/C12H12IN3O4/c1-2-3-4-20-16-10-7(5-14-6-15-10)9(13)8(11(16)17)12(18)19/h5-6H,2-4H2,1H3,(H,18,19). The number of hydrogen-bond donors (Lipinski definition) is 1. The van der Waals surface area contributed by atoms with Crippen LogP contribution in [-0.2, 0) is 0 Å². The van der Waals surface area contributed by atoms with E-state index in [0.29, 0.717) is 15.6 Å². The van der Waals surface area contributed by atoms with Gasteiger partial charge in [0.05, 0.1) is 5.39 Å². The minimum absolute atomic E-state index is 0.274. The van der Waals surface area contributed by atoms with E-state index >= 15 is 0 Å². The van der Waals surface area contributed by atoms with E-state index in [1.165, 1.54) is 12.5 Å². The van der Waals surface area contributed by atoms with Crippen molar-refractivity contribution in [2.45, 2.75) is 19.8 Å². The van der Waals surface area contributed by atoms with Gasteiger partial charge in [0.25, 0.3) is 0 Å². The highest BCUT2D eigenvalue weighted by molar-refractivity contribution is 14.1. The van der Waals surface area contributed by atoms with Gasteiger partial charge < -0.3 is 9.94 Å². The molecule has 20 heavy (non-hydrogen) atoms. The van der Waals surface area contributed by atoms with Crippen molar-refractivity contribution in [2.75, 3.05) is 6.61 Å². The van der Waals surface area contributed by atoms with E-state index in [9.17, 15) is 14.7 Å². The maximum atomic E-state index is 12.2. The molecule has 8 heteroatoms. The lowest BCUT2D eigenvalue weighted by molar-refractivity contribution is 0.0680. The molecule has 0 atom stereocenters. The second kappa shape index (κ2) is 6.16. The van der Waals surface area contributed by atoms with Crippen molar-refractivity contribution in [3.8, 4) is 0 Å². The van der Waals surface area contributed by atoms with Gasteiger partial charge in [0.1, 0.15) is 18.5 Å². The van der Waals surface area contributed by atoms with Crippen LogP contribution in [0.5, 0.6) is 0 Å². The minimum atomic E-state index is -1.29. The third kappa shape index (κ3) is 2.60. The van der Waals surface area contributed by atoms with E-state index in [2.05, 4.69) is 9.97 Å². The Morgan fingerprint density at radius 3 is 2.95 bits per heavy atom. The molecule has 2 heterocycles. The summed E-state index contributed by atoms with van der Waals surface area (Å²) in [6.45, 7) is 2.30. The van der Waals surface area contributed by atoms with Crippen LogP contribution in [0.4, 0.5) is 0 Å². The number of carbonyl (C=O) groups is 1. The number of carboxylic acid groups (broad SMARTS) is 1. The smallest absolute Gasteiger partial charge is 0.342 e. The van der Waals surface area contributed by atoms with Gasteiger partial charge in [-0.25, -0.2) is 14.8 Å². The number of pyridine rings is 1. The first-order valence-corrected chi connectivity index (χ1v) is 7.06. The fraction of sp³-hybridized carbons (Fsp3) is 0.333. The average Bonchev–Trinajstić information content (AvgIpc) is 2.42. The van der Waals surface area contributed by atoms with E-state index in [1.54, 1.807) is 0 Å². The highest BCUT2D eigenvalue weighted by atomic mass is 127. The van der Waals surface area contributed by atoms with Crippen molar-refractivity contribution in [3.63, 3.8) is 0 Å². The number of fused-ring (bicyclic) bond motifs is 1. The highest BCUT2D eigenvalue weighted by Crippen LogP contribution is 2.19. The maximum absolute atomic E-state index is 12.2. The van der Waals surface area contributed by atoms with Gasteiger partial charge in [-0.05, 0) is 29.0 Å². The predicted octanol–water partition coefficient (Wildman–Crippen LogP) is 1.32. The Hall–Kier alpha value is -1.71. The summed E-state index contributed by atoms with van der Waals surface area (Å²) in [4.78, 5) is 36.7. The van der Waals surface area contributed by atoms with Gasteiger partial charge in [0, 0.05) is 9.77 Å². The molecule has 0 fully saturated rings. The number of rotatable bonds is 5. The average molecular weight is 389 g/mol. The Kier molecular flexibility index (Phi) is 4.53. The Bertz CT molecular complexity index is 714. The zero-order valence-electron chi connectivity index (χ0n) is 10.7. The normalized spacial score (nSPS) is 10.7. The molecular formula is C12H12IN3O4. The summed E-state index contributed by atoms with van der Waals surface area (Å²) in [7, 11) is 0. The van der Waals surface area contributed by atoms with Gasteiger partial charge in [-0.2, -0.15) is 0 Å². The molecule has 0 bridgehead atoms. The first-order chi connectivity index (χ1) is 9.57. The van der Waals surface area contributed by atoms with Gasteiger partial charge in [-0.15, -0.1) is 4.73 Å². The summed E-state index contributed by atoms with van der Waals surface area (Å²) < 4.78 is 1.25. The summed E-state index contributed by atoms with van der Waals surface area (Å²) in [5.41, 5.74) is -0.774. The zero-order chi connectivity index (χ0) is 14.7. The molecule has 2 aromatic heterocycles. The molecule has 0 saturated heterocycles. The largest absolute Gasteiger partial charge is 0.477 e. The number of aromatic nitrogens is 3. The number of carboxylic acids is 1. The molecule has 0 aliphatic heterocycles. The number of hydrogen-bond acceptors (Lipinski definition) is 5. The fourth-order valence-electron chi connectivity index (χ4n) is 1.67. The number of aromatic carboxylic acids is 1. The second-order valence-electron chi connectivity index (χ2n) is 4.04. The van der Waals surface area contributed by atoms with Crippen LogP contribution in [-0.4, -0.2) is 32.4 Å². The molecule has 0 radical (unpaired) electrons. The third-order valence-electron chi connectivity index (χ3n) is 2.67. The molecule has 0 aliphatic carbocycles. The molecule has 0 aliphatic rings. The molecule has 0 unspecified atom stereocenters. The van der Waals surface area contributed by atoms with Crippen LogP contribution in [0.3, 0.4) is 0 Å². The van der Waals surface area contributed by atoms with E-state index in [-0.39, 0.29) is 11.2 Å². The number of unbranched alkanes of at least 4 members (excludes halogenated alkanes) is 1. The Balaban J connectivity index is 2.70. The fourth-order valence-corrected chi connectivity index (χ4v) is 2.51. The summed E-state index contributed by atoms with van der Waals surface area (Å²) in [5.74, 6) is -1.29. The van der Waals surface area contributed by atoms with Crippen molar-refractivity contribution in [1.82, 2.24) is 14.7 Å². The lowest BCUT2D eigenvalue weighted by Crippen LogP contribution is -2.33. The van der Waals surface area contributed by atoms with E-state index in [1.807, 2.05) is 29.5 Å². The van der Waals surface area contributed by atoms with Crippen molar-refractivity contribution < 1.29 is 14.7 Å². The molecular weight excluding hydrogens is 377 g/mol. The number of nitrogens with zero attached hydrogens (tertiary/aromatic N) is 3. The van der Waals surface area contributed by atoms with Gasteiger partial charge >= 0.3 is 11.5 Å². The summed E-state index contributed by atoms with van der Waals surface area (Å²) >= 11 is 1.81. The lowest BCUT2D eigenvalue weighted by atomic mass is 10.2. The van der Waals surface area contributed by atoms with Crippen molar-refractivity contribution in [2.24, 2.45) is 0 Å². The van der Waals surface area contributed by atoms with Gasteiger partial charge in [-0.1, -0.05) is 13.3 Å².